The van der Waals surface area contributed by atoms with Crippen molar-refractivity contribution in [1.29, 1.82) is 0 Å². The molecule has 0 unspecified atom stereocenters. The number of hydrogen-bond donors (Lipinski definition) is 0. The highest BCUT2D eigenvalue weighted by molar-refractivity contribution is 6.17. The molecule has 0 N–H and O–H groups in total. The Labute approximate surface area is 153 Å². The summed E-state index contributed by atoms with van der Waals surface area (Å²) in [4.78, 5) is 0. The van der Waals surface area contributed by atoms with E-state index < -0.39 is 0 Å². The SMILES string of the molecule is Cc1cc2c(cc1C/C(=C/C(C)C)OCCCl)C(C)(C)CC2(C)C. The molecule has 0 fully saturated rings. The monoisotopic (exact) mass is 348 g/mol. The van der Waals surface area contributed by atoms with Gasteiger partial charge >= 0.3 is 0 Å². The topological polar surface area (TPSA) is 9.23 Å². The second-order valence-electron chi connectivity index (χ2n) is 8.86. The first-order valence-electron chi connectivity index (χ1n) is 9.11. The molecule has 2 heteroatoms. The van der Waals surface area contributed by atoms with Crippen LogP contribution in [0, 0.1) is 12.8 Å². The number of hydrogen-bond acceptors (Lipinski definition) is 1. The van der Waals surface area contributed by atoms with Crippen molar-refractivity contribution in [2.24, 2.45) is 5.92 Å². The third kappa shape index (κ3) is 4.17. The third-order valence-electron chi connectivity index (χ3n) is 5.07. The van der Waals surface area contributed by atoms with Crippen molar-refractivity contribution in [2.75, 3.05) is 12.5 Å². The van der Waals surface area contributed by atoms with Gasteiger partial charge in [0.1, 0.15) is 6.61 Å². The van der Waals surface area contributed by atoms with Crippen LogP contribution in [0.4, 0.5) is 0 Å². The summed E-state index contributed by atoms with van der Waals surface area (Å²) in [6.45, 7) is 16.6. The summed E-state index contributed by atoms with van der Waals surface area (Å²) in [6, 6.07) is 4.84. The molecule has 1 aromatic carbocycles. The van der Waals surface area contributed by atoms with Crippen molar-refractivity contribution in [2.45, 2.75) is 72.1 Å². The zero-order valence-corrected chi connectivity index (χ0v) is 17.2. The van der Waals surface area contributed by atoms with E-state index in [1.807, 2.05) is 0 Å². The Morgan fingerprint density at radius 2 is 1.75 bits per heavy atom. The lowest BCUT2D eigenvalue weighted by molar-refractivity contribution is 0.222. The Hall–Kier alpha value is -0.950. The summed E-state index contributed by atoms with van der Waals surface area (Å²) in [6.07, 6.45) is 4.27. The number of rotatable bonds is 6. The molecular formula is C22H33ClO. The van der Waals surface area contributed by atoms with E-state index in [2.05, 4.69) is 66.7 Å². The van der Waals surface area contributed by atoms with Crippen molar-refractivity contribution in [3.8, 4) is 0 Å². The number of benzene rings is 1. The highest BCUT2D eigenvalue weighted by Crippen LogP contribution is 2.50. The number of fused-ring (bicyclic) bond motifs is 1. The molecule has 1 aliphatic rings. The molecular weight excluding hydrogens is 316 g/mol. The first kappa shape index (κ1) is 19.4. The van der Waals surface area contributed by atoms with E-state index in [0.29, 0.717) is 18.4 Å². The molecule has 1 aromatic rings. The quantitative estimate of drug-likeness (QED) is 0.433. The van der Waals surface area contributed by atoms with Gasteiger partial charge in [0, 0.05) is 6.42 Å². The van der Waals surface area contributed by atoms with Gasteiger partial charge in [0.25, 0.3) is 0 Å². The number of halogens is 1. The van der Waals surface area contributed by atoms with Crippen LogP contribution in [0.3, 0.4) is 0 Å². The molecule has 2 rings (SSSR count). The van der Waals surface area contributed by atoms with Gasteiger partial charge in [0.2, 0.25) is 0 Å². The van der Waals surface area contributed by atoms with Crippen molar-refractivity contribution < 1.29 is 4.74 Å². The van der Waals surface area contributed by atoms with Gasteiger partial charge in [-0.15, -0.1) is 11.6 Å². The van der Waals surface area contributed by atoms with Crippen LogP contribution in [0.15, 0.2) is 24.0 Å². The number of allylic oxidation sites excluding steroid dienone is 2. The molecule has 0 atom stereocenters. The Morgan fingerprint density at radius 3 is 2.29 bits per heavy atom. The van der Waals surface area contributed by atoms with E-state index in [4.69, 9.17) is 16.3 Å². The minimum atomic E-state index is 0.236. The Bertz CT molecular complexity index is 623. The molecule has 0 aromatic heterocycles. The molecule has 0 aliphatic heterocycles. The zero-order chi connectivity index (χ0) is 18.1. The largest absolute Gasteiger partial charge is 0.497 e. The lowest BCUT2D eigenvalue weighted by atomic mass is 9.82. The highest BCUT2D eigenvalue weighted by Gasteiger charge is 2.42. The molecule has 0 saturated heterocycles. The molecule has 0 radical (unpaired) electrons. The van der Waals surface area contributed by atoms with Gasteiger partial charge in [-0.1, -0.05) is 53.7 Å². The normalized spacial score (nSPS) is 18.8. The van der Waals surface area contributed by atoms with Gasteiger partial charge in [0.15, 0.2) is 0 Å². The predicted molar refractivity (Wildman–Crippen MR) is 105 cm³/mol. The first-order chi connectivity index (χ1) is 11.1. The van der Waals surface area contributed by atoms with Gasteiger partial charge in [-0.3, -0.25) is 0 Å². The second kappa shape index (κ2) is 7.12. The van der Waals surface area contributed by atoms with Crippen LogP contribution in [0.5, 0.6) is 0 Å². The van der Waals surface area contributed by atoms with Crippen LogP contribution in [0.25, 0.3) is 0 Å². The Balaban J connectivity index is 2.39. The molecule has 0 bridgehead atoms. The van der Waals surface area contributed by atoms with E-state index >= 15 is 0 Å². The summed E-state index contributed by atoms with van der Waals surface area (Å²) in [5.74, 6) is 2.05. The molecule has 1 nitrogen and oxygen atoms in total. The van der Waals surface area contributed by atoms with Crippen molar-refractivity contribution in [3.05, 3.63) is 46.2 Å². The van der Waals surface area contributed by atoms with Crippen LogP contribution in [0.1, 0.15) is 70.2 Å². The molecule has 0 spiro atoms. The number of alkyl halides is 1. The average molecular weight is 349 g/mol. The fourth-order valence-electron chi connectivity index (χ4n) is 4.25. The van der Waals surface area contributed by atoms with Crippen LogP contribution < -0.4 is 0 Å². The van der Waals surface area contributed by atoms with Crippen molar-refractivity contribution in [1.82, 2.24) is 0 Å². The summed E-state index contributed by atoms with van der Waals surface area (Å²) >= 11 is 5.81. The van der Waals surface area contributed by atoms with Crippen molar-refractivity contribution >= 4 is 11.6 Å². The van der Waals surface area contributed by atoms with Crippen LogP contribution >= 0.6 is 11.6 Å². The predicted octanol–water partition coefficient (Wildman–Crippen LogP) is 6.29. The van der Waals surface area contributed by atoms with Gasteiger partial charge < -0.3 is 4.74 Å². The van der Waals surface area contributed by atoms with Gasteiger partial charge in [-0.2, -0.15) is 0 Å². The minimum absolute atomic E-state index is 0.236. The molecule has 0 saturated carbocycles. The summed E-state index contributed by atoms with van der Waals surface area (Å²) in [7, 11) is 0. The molecule has 0 heterocycles. The third-order valence-corrected chi connectivity index (χ3v) is 5.22. The molecule has 134 valence electrons. The Kier molecular flexibility index (Phi) is 5.75. The maximum atomic E-state index is 5.90. The van der Waals surface area contributed by atoms with Crippen molar-refractivity contribution in [3.63, 3.8) is 0 Å². The van der Waals surface area contributed by atoms with Gasteiger partial charge in [-0.05, 0) is 58.4 Å². The maximum Gasteiger partial charge on any atom is 0.101 e. The standard InChI is InChI=1S/C22H33ClO/c1-15(2)10-18(24-9-8-23)12-17-13-20-19(11-16(17)3)21(4,5)14-22(20,6)7/h10-11,13,15H,8-9,12,14H2,1-7H3/b18-10-. The summed E-state index contributed by atoms with van der Waals surface area (Å²) < 4.78 is 5.90. The highest BCUT2D eigenvalue weighted by atomic mass is 35.5. The summed E-state index contributed by atoms with van der Waals surface area (Å²) in [5.41, 5.74) is 6.26. The van der Waals surface area contributed by atoms with E-state index in [-0.39, 0.29) is 10.8 Å². The molecule has 1 aliphatic carbocycles. The minimum Gasteiger partial charge on any atom is -0.497 e. The fraction of sp³-hybridized carbons (Fsp3) is 0.636. The Morgan fingerprint density at radius 1 is 1.17 bits per heavy atom. The lowest BCUT2D eigenvalue weighted by Crippen LogP contribution is -2.18. The lowest BCUT2D eigenvalue weighted by Gasteiger charge is -2.22. The fourth-order valence-corrected chi connectivity index (χ4v) is 4.32. The first-order valence-corrected chi connectivity index (χ1v) is 9.64. The van der Waals surface area contributed by atoms with Gasteiger partial charge in [0.05, 0.1) is 11.6 Å². The number of aryl methyl sites for hydroxylation is 1. The molecule has 0 amide bonds. The zero-order valence-electron chi connectivity index (χ0n) is 16.4. The smallest absolute Gasteiger partial charge is 0.101 e. The van der Waals surface area contributed by atoms with Gasteiger partial charge in [-0.25, -0.2) is 0 Å². The molecule has 24 heavy (non-hydrogen) atoms. The van der Waals surface area contributed by atoms with E-state index in [0.717, 1.165) is 12.2 Å². The van der Waals surface area contributed by atoms with E-state index in [9.17, 15) is 0 Å². The maximum absolute atomic E-state index is 5.90. The van der Waals surface area contributed by atoms with Crippen LogP contribution in [0.2, 0.25) is 0 Å². The summed E-state index contributed by atoms with van der Waals surface area (Å²) in [5, 5.41) is 0. The van der Waals surface area contributed by atoms with E-state index in [1.54, 1.807) is 0 Å². The van der Waals surface area contributed by atoms with Crippen LogP contribution in [-0.2, 0) is 22.0 Å². The number of ether oxygens (including phenoxy) is 1. The van der Waals surface area contributed by atoms with E-state index in [1.165, 1.54) is 28.7 Å². The average Bonchev–Trinajstić information content (AvgIpc) is 2.61. The van der Waals surface area contributed by atoms with Crippen LogP contribution in [-0.4, -0.2) is 12.5 Å². The second-order valence-corrected chi connectivity index (χ2v) is 9.24.